The second-order valence-electron chi connectivity index (χ2n) is 4.18. The molecule has 4 heteroatoms. The van der Waals surface area contributed by atoms with E-state index in [1.807, 2.05) is 25.1 Å². The van der Waals surface area contributed by atoms with Crippen molar-refractivity contribution < 1.29 is 4.63 Å². The average molecular weight is 239 g/mol. The van der Waals surface area contributed by atoms with Gasteiger partial charge in [0.05, 0.1) is 6.54 Å². The van der Waals surface area contributed by atoms with E-state index in [9.17, 15) is 0 Å². The minimum atomic E-state index is 0.614. The van der Waals surface area contributed by atoms with E-state index in [2.05, 4.69) is 44.5 Å². The fourth-order valence-corrected chi connectivity index (χ4v) is 1.97. The van der Waals surface area contributed by atoms with E-state index in [0.717, 1.165) is 17.1 Å². The zero-order valence-corrected chi connectivity index (χ0v) is 10.1. The van der Waals surface area contributed by atoms with E-state index in [0.29, 0.717) is 6.54 Å². The summed E-state index contributed by atoms with van der Waals surface area (Å²) in [6.07, 6.45) is 0. The highest BCUT2D eigenvalue weighted by Crippen LogP contribution is 2.23. The fourth-order valence-electron chi connectivity index (χ4n) is 1.97. The Morgan fingerprint density at radius 2 is 1.89 bits per heavy atom. The molecule has 0 amide bonds. The molecule has 0 aliphatic rings. The van der Waals surface area contributed by atoms with Crippen molar-refractivity contribution in [3.8, 4) is 0 Å². The summed E-state index contributed by atoms with van der Waals surface area (Å²) >= 11 is 0. The van der Waals surface area contributed by atoms with Crippen LogP contribution in [-0.2, 0) is 6.54 Å². The molecule has 0 aliphatic heterocycles. The van der Waals surface area contributed by atoms with Gasteiger partial charge in [-0.3, -0.25) is 0 Å². The van der Waals surface area contributed by atoms with Crippen LogP contribution in [0.1, 0.15) is 11.4 Å². The van der Waals surface area contributed by atoms with Crippen LogP contribution >= 0.6 is 0 Å². The first kappa shape index (κ1) is 10.8. The number of anilines is 1. The van der Waals surface area contributed by atoms with Crippen molar-refractivity contribution in [1.82, 2.24) is 10.3 Å². The van der Waals surface area contributed by atoms with Gasteiger partial charge in [0.15, 0.2) is 0 Å². The highest BCUT2D eigenvalue weighted by Gasteiger charge is 2.05. The quantitative estimate of drug-likeness (QED) is 0.762. The molecule has 18 heavy (non-hydrogen) atoms. The molecule has 0 unspecified atom stereocenters. The number of aryl methyl sites for hydroxylation is 1. The number of aromatic nitrogens is 2. The topological polar surface area (TPSA) is 51.0 Å². The van der Waals surface area contributed by atoms with Crippen LogP contribution in [0.2, 0.25) is 0 Å². The molecule has 4 nitrogen and oxygen atoms in total. The molecule has 3 rings (SSSR count). The van der Waals surface area contributed by atoms with E-state index in [4.69, 9.17) is 0 Å². The summed E-state index contributed by atoms with van der Waals surface area (Å²) in [4.78, 5) is 0. The molecule has 1 heterocycles. The van der Waals surface area contributed by atoms with E-state index < -0.39 is 0 Å². The first-order valence-electron chi connectivity index (χ1n) is 5.84. The maximum atomic E-state index is 4.68. The van der Waals surface area contributed by atoms with Crippen molar-refractivity contribution in [3.63, 3.8) is 0 Å². The lowest BCUT2D eigenvalue weighted by atomic mass is 10.1. The minimum absolute atomic E-state index is 0.614. The van der Waals surface area contributed by atoms with Gasteiger partial charge in [-0.15, -0.1) is 0 Å². The number of fused-ring (bicyclic) bond motifs is 1. The van der Waals surface area contributed by atoms with Crippen LogP contribution in [0.25, 0.3) is 10.8 Å². The molecule has 3 aromatic rings. The molecule has 90 valence electrons. The zero-order valence-electron chi connectivity index (χ0n) is 10.1. The predicted octanol–water partition coefficient (Wildman–Crippen LogP) is 3.14. The van der Waals surface area contributed by atoms with Gasteiger partial charge in [0.25, 0.3) is 0 Å². The molecule has 0 saturated carbocycles. The Balaban J connectivity index is 1.89. The van der Waals surface area contributed by atoms with Gasteiger partial charge in [-0.05, 0) is 18.4 Å². The summed E-state index contributed by atoms with van der Waals surface area (Å²) < 4.78 is 4.68. The van der Waals surface area contributed by atoms with Gasteiger partial charge in [0.1, 0.15) is 11.4 Å². The summed E-state index contributed by atoms with van der Waals surface area (Å²) in [5.74, 6) is 0. The Labute approximate surface area is 105 Å². The second-order valence-corrected chi connectivity index (χ2v) is 4.18. The highest BCUT2D eigenvalue weighted by molar-refractivity contribution is 5.93. The van der Waals surface area contributed by atoms with E-state index in [1.165, 1.54) is 10.8 Å². The third-order valence-electron chi connectivity index (χ3n) is 2.98. The minimum Gasteiger partial charge on any atom is -0.379 e. The Kier molecular flexibility index (Phi) is 2.68. The maximum absolute atomic E-state index is 4.68. The lowest BCUT2D eigenvalue weighted by Gasteiger charge is -2.08. The third kappa shape index (κ3) is 1.93. The van der Waals surface area contributed by atoms with Gasteiger partial charge in [0.2, 0.25) is 0 Å². The summed E-state index contributed by atoms with van der Waals surface area (Å²) in [7, 11) is 0. The number of hydrogen-bond acceptors (Lipinski definition) is 4. The molecule has 1 aromatic heterocycles. The molecule has 1 N–H and O–H groups in total. The monoisotopic (exact) mass is 239 g/mol. The molecule has 0 spiro atoms. The van der Waals surface area contributed by atoms with E-state index >= 15 is 0 Å². The number of nitrogens with zero attached hydrogens (tertiary/aromatic N) is 2. The van der Waals surface area contributed by atoms with Crippen molar-refractivity contribution in [2.45, 2.75) is 13.5 Å². The number of rotatable bonds is 3. The van der Waals surface area contributed by atoms with Crippen LogP contribution in [0.5, 0.6) is 0 Å². The van der Waals surface area contributed by atoms with Gasteiger partial charge in [-0.25, -0.2) is 4.63 Å². The van der Waals surface area contributed by atoms with Gasteiger partial charge in [-0.1, -0.05) is 46.7 Å². The number of benzene rings is 2. The molecule has 2 aromatic carbocycles. The molecule has 0 saturated heterocycles. The maximum Gasteiger partial charge on any atom is 0.127 e. The van der Waals surface area contributed by atoms with Crippen molar-refractivity contribution in [3.05, 3.63) is 53.9 Å². The first-order valence-corrected chi connectivity index (χ1v) is 5.84. The number of hydrogen-bond donors (Lipinski definition) is 1. The molecule has 0 atom stereocenters. The van der Waals surface area contributed by atoms with Crippen molar-refractivity contribution in [2.75, 3.05) is 5.32 Å². The van der Waals surface area contributed by atoms with E-state index in [-0.39, 0.29) is 0 Å². The normalized spacial score (nSPS) is 10.7. The predicted molar refractivity (Wildman–Crippen MR) is 70.3 cm³/mol. The smallest absolute Gasteiger partial charge is 0.127 e. The van der Waals surface area contributed by atoms with Crippen molar-refractivity contribution in [2.24, 2.45) is 0 Å². The second kappa shape index (κ2) is 4.49. The molecule has 0 bridgehead atoms. The van der Waals surface area contributed by atoms with E-state index in [1.54, 1.807) is 0 Å². The van der Waals surface area contributed by atoms with Gasteiger partial charge >= 0.3 is 0 Å². The zero-order chi connectivity index (χ0) is 12.4. The Morgan fingerprint density at radius 3 is 2.72 bits per heavy atom. The van der Waals surface area contributed by atoms with Crippen LogP contribution in [0.4, 0.5) is 5.69 Å². The Morgan fingerprint density at radius 1 is 1.06 bits per heavy atom. The highest BCUT2D eigenvalue weighted by atomic mass is 16.6. The van der Waals surface area contributed by atoms with Crippen LogP contribution in [0.15, 0.2) is 47.1 Å². The fraction of sp³-hybridized carbons (Fsp3) is 0.143. The Hall–Kier alpha value is -2.36. The molecule has 0 fully saturated rings. The lowest BCUT2D eigenvalue weighted by Crippen LogP contribution is -2.01. The van der Waals surface area contributed by atoms with Crippen LogP contribution in [0.3, 0.4) is 0 Å². The van der Waals surface area contributed by atoms with Crippen LogP contribution in [-0.4, -0.2) is 10.3 Å². The molecular weight excluding hydrogens is 226 g/mol. The van der Waals surface area contributed by atoms with Crippen molar-refractivity contribution >= 4 is 16.5 Å². The molecule has 0 radical (unpaired) electrons. The van der Waals surface area contributed by atoms with Gasteiger partial charge < -0.3 is 5.32 Å². The summed E-state index contributed by atoms with van der Waals surface area (Å²) in [6, 6.07) is 14.5. The summed E-state index contributed by atoms with van der Waals surface area (Å²) in [6.45, 7) is 2.50. The first-order chi connectivity index (χ1) is 8.84. The molecular formula is C14H13N3O. The average Bonchev–Trinajstić information content (AvgIpc) is 2.82. The van der Waals surface area contributed by atoms with Gasteiger partial charge in [0, 0.05) is 11.1 Å². The SMILES string of the molecule is Cc1nonc1CNc1cccc2ccccc12. The van der Waals surface area contributed by atoms with Gasteiger partial charge in [-0.2, -0.15) is 0 Å². The summed E-state index contributed by atoms with van der Waals surface area (Å²) in [5.41, 5.74) is 2.75. The largest absolute Gasteiger partial charge is 0.379 e. The lowest BCUT2D eigenvalue weighted by molar-refractivity contribution is 0.301. The standard InChI is InChI=1S/C14H13N3O/c1-10-14(17-18-16-10)9-15-13-8-4-6-11-5-2-3-7-12(11)13/h2-8,15H,9H2,1H3. The van der Waals surface area contributed by atoms with Crippen LogP contribution in [0, 0.1) is 6.92 Å². The summed E-state index contributed by atoms with van der Waals surface area (Å²) in [5, 5.41) is 13.4. The third-order valence-corrected chi connectivity index (χ3v) is 2.98. The Bertz CT molecular complexity index is 670. The molecule has 0 aliphatic carbocycles. The number of nitrogens with one attached hydrogen (secondary N) is 1. The van der Waals surface area contributed by atoms with Crippen LogP contribution < -0.4 is 5.32 Å². The van der Waals surface area contributed by atoms with Crippen molar-refractivity contribution in [1.29, 1.82) is 0 Å².